The van der Waals surface area contributed by atoms with Crippen molar-refractivity contribution in [3.63, 3.8) is 0 Å². The normalized spacial score (nSPS) is 14.6. The summed E-state index contributed by atoms with van der Waals surface area (Å²) in [4.78, 5) is 2.41. The zero-order valence-electron chi connectivity index (χ0n) is 32.4. The summed E-state index contributed by atoms with van der Waals surface area (Å²) in [6.07, 6.45) is 0. The van der Waals surface area contributed by atoms with Crippen LogP contribution in [0.4, 0.5) is 17.1 Å². The number of rotatable bonds is 4. The number of furan rings is 2. The van der Waals surface area contributed by atoms with Gasteiger partial charge in [-0.15, -0.1) is 0 Å². The van der Waals surface area contributed by atoms with E-state index in [1.807, 2.05) is 0 Å². The van der Waals surface area contributed by atoms with Gasteiger partial charge in [0.1, 0.15) is 22.3 Å². The summed E-state index contributed by atoms with van der Waals surface area (Å²) in [6.45, 7) is 9.40. The van der Waals surface area contributed by atoms with E-state index < -0.39 is 0 Å². The highest BCUT2D eigenvalue weighted by molar-refractivity contribution is 6.18. The lowest BCUT2D eigenvalue weighted by Gasteiger charge is -2.29. The van der Waals surface area contributed by atoms with Crippen LogP contribution >= 0.6 is 0 Å². The highest BCUT2D eigenvalue weighted by Gasteiger charge is 2.37. The van der Waals surface area contributed by atoms with Crippen molar-refractivity contribution in [2.24, 2.45) is 0 Å². The molecule has 0 N–H and O–H groups in total. The molecular formula is C54H39NO2. The molecule has 0 radical (unpaired) electrons. The van der Waals surface area contributed by atoms with Crippen molar-refractivity contribution in [3.8, 4) is 33.4 Å². The lowest BCUT2D eigenvalue weighted by Crippen LogP contribution is -2.18. The predicted molar refractivity (Wildman–Crippen MR) is 236 cm³/mol. The Labute approximate surface area is 331 Å². The molecule has 0 saturated heterocycles. The van der Waals surface area contributed by atoms with Gasteiger partial charge in [0.2, 0.25) is 0 Å². The number of hydrogen-bond acceptors (Lipinski definition) is 3. The van der Waals surface area contributed by atoms with Crippen LogP contribution in [-0.2, 0) is 10.8 Å². The molecule has 0 amide bonds. The molecule has 8 aromatic carbocycles. The molecule has 0 unspecified atom stereocenters. The first-order valence-electron chi connectivity index (χ1n) is 19.9. The second-order valence-corrected chi connectivity index (χ2v) is 16.9. The van der Waals surface area contributed by atoms with Gasteiger partial charge in [-0.3, -0.25) is 0 Å². The average Bonchev–Trinajstić information content (AvgIpc) is 3.92. The molecule has 2 aliphatic rings. The van der Waals surface area contributed by atoms with E-state index in [4.69, 9.17) is 8.83 Å². The predicted octanol–water partition coefficient (Wildman–Crippen LogP) is 15.2. The molecule has 0 spiro atoms. The average molecular weight is 734 g/mol. The Kier molecular flexibility index (Phi) is 6.46. The molecule has 12 rings (SSSR count). The molecule has 272 valence electrons. The van der Waals surface area contributed by atoms with Crippen LogP contribution in [0.25, 0.3) is 77.3 Å². The van der Waals surface area contributed by atoms with Crippen molar-refractivity contribution in [1.29, 1.82) is 0 Å². The summed E-state index contributed by atoms with van der Waals surface area (Å²) in [6, 6.07) is 59.6. The minimum absolute atomic E-state index is 0.126. The third kappa shape index (κ3) is 4.48. The van der Waals surface area contributed by atoms with Crippen LogP contribution in [0.2, 0.25) is 0 Å². The second kappa shape index (κ2) is 11.4. The van der Waals surface area contributed by atoms with Crippen LogP contribution < -0.4 is 4.90 Å². The van der Waals surface area contributed by atoms with Gasteiger partial charge in [-0.2, -0.15) is 0 Å². The minimum Gasteiger partial charge on any atom is -0.456 e. The standard InChI is InChI=1S/C54H39NO2/c1-53(2)44-18-10-8-15-37(44)39-24-21-33(27-46(39)53)55(34-22-25-40-38-16-9-11-19-45(38)54(3,4)47(40)28-34)35-23-26-41-42-30-51-43(31-50(42)57-49(41)29-35)52-36(17-12-20-48(52)56-51)32-13-6-5-7-14-32/h5-31H,1-4H3. The summed E-state index contributed by atoms with van der Waals surface area (Å²) in [7, 11) is 0. The van der Waals surface area contributed by atoms with E-state index in [9.17, 15) is 0 Å². The largest absolute Gasteiger partial charge is 0.456 e. The Bertz CT molecular complexity index is 3200. The number of benzene rings is 8. The Morgan fingerprint density at radius 1 is 0.351 bits per heavy atom. The van der Waals surface area contributed by atoms with Crippen molar-refractivity contribution < 1.29 is 8.83 Å². The molecule has 2 aliphatic carbocycles. The van der Waals surface area contributed by atoms with Gasteiger partial charge in [-0.25, -0.2) is 0 Å². The van der Waals surface area contributed by atoms with Crippen molar-refractivity contribution >= 4 is 60.9 Å². The minimum atomic E-state index is -0.126. The van der Waals surface area contributed by atoms with E-state index in [1.54, 1.807) is 0 Å². The van der Waals surface area contributed by atoms with E-state index in [1.165, 1.54) is 44.5 Å². The van der Waals surface area contributed by atoms with Gasteiger partial charge in [-0.1, -0.05) is 131 Å². The van der Waals surface area contributed by atoms with Gasteiger partial charge in [0.25, 0.3) is 0 Å². The van der Waals surface area contributed by atoms with Gasteiger partial charge in [0, 0.05) is 55.5 Å². The van der Waals surface area contributed by atoms with Gasteiger partial charge in [0.05, 0.1) is 0 Å². The summed E-state index contributed by atoms with van der Waals surface area (Å²) in [5.74, 6) is 0. The summed E-state index contributed by atoms with van der Waals surface area (Å²) >= 11 is 0. The molecule has 57 heavy (non-hydrogen) atoms. The van der Waals surface area contributed by atoms with E-state index in [2.05, 4.69) is 196 Å². The van der Waals surface area contributed by atoms with Gasteiger partial charge in [0.15, 0.2) is 0 Å². The second-order valence-electron chi connectivity index (χ2n) is 16.9. The first-order valence-corrected chi connectivity index (χ1v) is 19.9. The number of fused-ring (bicyclic) bond motifs is 12. The lowest BCUT2D eigenvalue weighted by molar-refractivity contribution is 0.660. The van der Waals surface area contributed by atoms with Crippen molar-refractivity contribution in [2.45, 2.75) is 38.5 Å². The zero-order chi connectivity index (χ0) is 38.2. The van der Waals surface area contributed by atoms with E-state index in [-0.39, 0.29) is 10.8 Å². The first kappa shape index (κ1) is 32.4. The summed E-state index contributed by atoms with van der Waals surface area (Å²) in [5, 5.41) is 4.28. The molecule has 0 bridgehead atoms. The topological polar surface area (TPSA) is 29.5 Å². The van der Waals surface area contributed by atoms with Crippen LogP contribution in [0.1, 0.15) is 49.9 Å². The van der Waals surface area contributed by atoms with Crippen molar-refractivity contribution in [2.75, 3.05) is 4.90 Å². The van der Waals surface area contributed by atoms with Crippen LogP contribution in [0.15, 0.2) is 173 Å². The Morgan fingerprint density at radius 2 is 0.842 bits per heavy atom. The SMILES string of the molecule is CC1(C)c2ccccc2-c2ccc(N(c3ccc4c(c3)C(C)(C)c3ccccc3-4)c3ccc4c(c3)oc3cc5c(cc34)oc3cccc(-c4ccccc4)c35)cc21. The van der Waals surface area contributed by atoms with Crippen LogP contribution in [0, 0.1) is 0 Å². The zero-order valence-corrected chi connectivity index (χ0v) is 32.4. The fraction of sp³-hybridized carbons (Fsp3) is 0.111. The first-order chi connectivity index (χ1) is 27.8. The van der Waals surface area contributed by atoms with Crippen LogP contribution in [0.3, 0.4) is 0 Å². The van der Waals surface area contributed by atoms with Crippen LogP contribution in [0.5, 0.6) is 0 Å². The molecule has 2 heterocycles. The molecule has 0 fully saturated rings. The lowest BCUT2D eigenvalue weighted by atomic mass is 9.82. The maximum absolute atomic E-state index is 6.82. The quantitative estimate of drug-likeness (QED) is 0.180. The third-order valence-electron chi connectivity index (χ3n) is 13.1. The monoisotopic (exact) mass is 733 g/mol. The van der Waals surface area contributed by atoms with E-state index in [0.717, 1.165) is 72.1 Å². The Hall–Kier alpha value is -6.84. The Morgan fingerprint density at radius 3 is 1.51 bits per heavy atom. The molecule has 0 saturated carbocycles. The maximum atomic E-state index is 6.82. The molecule has 3 heteroatoms. The highest BCUT2D eigenvalue weighted by Crippen LogP contribution is 2.53. The third-order valence-corrected chi connectivity index (χ3v) is 13.1. The maximum Gasteiger partial charge on any atom is 0.137 e. The fourth-order valence-corrected chi connectivity index (χ4v) is 10.2. The van der Waals surface area contributed by atoms with Gasteiger partial charge < -0.3 is 13.7 Å². The van der Waals surface area contributed by atoms with Crippen LogP contribution in [-0.4, -0.2) is 0 Å². The van der Waals surface area contributed by atoms with Gasteiger partial charge >= 0.3 is 0 Å². The smallest absolute Gasteiger partial charge is 0.137 e. The van der Waals surface area contributed by atoms with E-state index >= 15 is 0 Å². The Balaban J connectivity index is 1.05. The van der Waals surface area contributed by atoms with E-state index in [0.29, 0.717) is 0 Å². The molecule has 3 nitrogen and oxygen atoms in total. The number of anilines is 3. The number of hydrogen-bond donors (Lipinski definition) is 0. The number of nitrogens with zero attached hydrogens (tertiary/aromatic N) is 1. The summed E-state index contributed by atoms with van der Waals surface area (Å²) in [5.41, 5.74) is 19.5. The van der Waals surface area contributed by atoms with Gasteiger partial charge in [-0.05, 0) is 110 Å². The molecular weight excluding hydrogens is 695 g/mol. The summed E-state index contributed by atoms with van der Waals surface area (Å²) < 4.78 is 13.3. The molecule has 0 atom stereocenters. The molecule has 2 aromatic heterocycles. The fourth-order valence-electron chi connectivity index (χ4n) is 10.2. The molecule has 0 aliphatic heterocycles. The molecule has 10 aromatic rings. The highest BCUT2D eigenvalue weighted by atomic mass is 16.3. The van der Waals surface area contributed by atoms with Crippen molar-refractivity contribution in [1.82, 2.24) is 0 Å². The van der Waals surface area contributed by atoms with Crippen molar-refractivity contribution in [3.05, 3.63) is 186 Å².